The van der Waals surface area contributed by atoms with Gasteiger partial charge in [-0.2, -0.15) is 0 Å². The molecule has 3 aromatic rings. The molecule has 1 amide bonds. The Balaban J connectivity index is 1.67. The number of anilines is 2. The number of nitrogens with zero attached hydrogens (tertiary/aromatic N) is 2. The van der Waals surface area contributed by atoms with Crippen molar-refractivity contribution < 1.29 is 4.79 Å². The first kappa shape index (κ1) is 16.7. The lowest BCUT2D eigenvalue weighted by atomic mass is 10.0. The van der Waals surface area contributed by atoms with Crippen molar-refractivity contribution in [2.75, 3.05) is 17.3 Å². The fraction of sp³-hybridized carbons (Fsp3) is 0.143. The van der Waals surface area contributed by atoms with Crippen LogP contribution in [0.15, 0.2) is 73.1 Å². The van der Waals surface area contributed by atoms with E-state index in [1.54, 1.807) is 25.1 Å². The molecule has 2 aromatic carbocycles. The van der Waals surface area contributed by atoms with E-state index in [-0.39, 0.29) is 5.91 Å². The third-order valence-electron chi connectivity index (χ3n) is 4.15. The number of benzene rings is 2. The van der Waals surface area contributed by atoms with Crippen LogP contribution in [-0.4, -0.2) is 17.9 Å². The Labute approximate surface area is 148 Å². The molecule has 1 heterocycles. The van der Waals surface area contributed by atoms with E-state index in [1.165, 1.54) is 5.56 Å². The molecule has 0 atom stereocenters. The molecule has 0 aliphatic rings. The SMILES string of the molecule is CC(=O)N(C)c1ccc(NCc2cccc(-c3cccnc3)c2)cc1. The van der Waals surface area contributed by atoms with Crippen LogP contribution in [0.5, 0.6) is 0 Å². The summed E-state index contributed by atoms with van der Waals surface area (Å²) in [6.45, 7) is 2.29. The zero-order valence-corrected chi connectivity index (χ0v) is 14.4. The number of hydrogen-bond acceptors (Lipinski definition) is 3. The second-order valence-corrected chi connectivity index (χ2v) is 5.92. The molecule has 3 rings (SSSR count). The molecule has 1 aromatic heterocycles. The van der Waals surface area contributed by atoms with Crippen LogP contribution >= 0.6 is 0 Å². The Hall–Kier alpha value is -3.14. The van der Waals surface area contributed by atoms with E-state index in [4.69, 9.17) is 0 Å². The van der Waals surface area contributed by atoms with Gasteiger partial charge in [0.2, 0.25) is 5.91 Å². The van der Waals surface area contributed by atoms with Crippen LogP contribution in [-0.2, 0) is 11.3 Å². The average molecular weight is 331 g/mol. The number of carbonyl (C=O) groups excluding carboxylic acids is 1. The topological polar surface area (TPSA) is 45.2 Å². The quantitative estimate of drug-likeness (QED) is 0.756. The molecule has 1 N–H and O–H groups in total. The highest BCUT2D eigenvalue weighted by Crippen LogP contribution is 2.21. The van der Waals surface area contributed by atoms with E-state index in [9.17, 15) is 4.79 Å². The first-order chi connectivity index (χ1) is 12.1. The maximum absolute atomic E-state index is 11.4. The second kappa shape index (κ2) is 7.62. The smallest absolute Gasteiger partial charge is 0.223 e. The summed E-state index contributed by atoms with van der Waals surface area (Å²) < 4.78 is 0. The summed E-state index contributed by atoms with van der Waals surface area (Å²) >= 11 is 0. The van der Waals surface area contributed by atoms with Gasteiger partial charge in [-0.25, -0.2) is 0 Å². The van der Waals surface area contributed by atoms with Crippen molar-refractivity contribution in [2.24, 2.45) is 0 Å². The van der Waals surface area contributed by atoms with Crippen molar-refractivity contribution in [3.63, 3.8) is 0 Å². The van der Waals surface area contributed by atoms with Crippen molar-refractivity contribution in [1.29, 1.82) is 0 Å². The molecule has 25 heavy (non-hydrogen) atoms. The fourth-order valence-electron chi connectivity index (χ4n) is 2.58. The van der Waals surface area contributed by atoms with Crippen molar-refractivity contribution in [3.05, 3.63) is 78.6 Å². The predicted octanol–water partition coefficient (Wildman–Crippen LogP) is 4.34. The van der Waals surface area contributed by atoms with Gasteiger partial charge >= 0.3 is 0 Å². The van der Waals surface area contributed by atoms with Crippen LogP contribution < -0.4 is 10.2 Å². The number of hydrogen-bond donors (Lipinski definition) is 1. The van der Waals surface area contributed by atoms with E-state index < -0.39 is 0 Å². The standard InChI is InChI=1S/C21H21N3O/c1-16(25)24(2)21-10-8-20(9-11-21)23-14-17-5-3-6-18(13-17)19-7-4-12-22-15-19/h3-13,15,23H,14H2,1-2H3. The Morgan fingerprint density at radius 2 is 1.80 bits per heavy atom. The molecule has 0 saturated heterocycles. The van der Waals surface area contributed by atoms with E-state index in [2.05, 4.69) is 40.6 Å². The monoisotopic (exact) mass is 331 g/mol. The van der Waals surface area contributed by atoms with Crippen LogP contribution in [0.3, 0.4) is 0 Å². The largest absolute Gasteiger partial charge is 0.381 e. The van der Waals surface area contributed by atoms with E-state index in [0.717, 1.165) is 29.0 Å². The van der Waals surface area contributed by atoms with Crippen LogP contribution in [0.2, 0.25) is 0 Å². The summed E-state index contributed by atoms with van der Waals surface area (Å²) in [4.78, 5) is 17.2. The molecule has 4 nitrogen and oxygen atoms in total. The summed E-state index contributed by atoms with van der Waals surface area (Å²) in [5, 5.41) is 3.42. The van der Waals surface area contributed by atoms with Gasteiger partial charge in [0.05, 0.1) is 0 Å². The Morgan fingerprint density at radius 3 is 2.48 bits per heavy atom. The molecular formula is C21H21N3O. The van der Waals surface area contributed by atoms with Gasteiger partial charge in [-0.05, 0) is 53.1 Å². The Morgan fingerprint density at radius 1 is 1.04 bits per heavy atom. The fourth-order valence-corrected chi connectivity index (χ4v) is 2.58. The molecule has 0 aliphatic heterocycles. The van der Waals surface area contributed by atoms with Crippen molar-refractivity contribution in [1.82, 2.24) is 4.98 Å². The van der Waals surface area contributed by atoms with Gasteiger partial charge in [-0.1, -0.05) is 24.3 Å². The highest BCUT2D eigenvalue weighted by atomic mass is 16.2. The molecule has 0 fully saturated rings. The van der Waals surface area contributed by atoms with Gasteiger partial charge in [-0.15, -0.1) is 0 Å². The first-order valence-electron chi connectivity index (χ1n) is 8.21. The molecule has 0 spiro atoms. The van der Waals surface area contributed by atoms with Gasteiger partial charge in [-0.3, -0.25) is 9.78 Å². The van der Waals surface area contributed by atoms with E-state index >= 15 is 0 Å². The zero-order valence-electron chi connectivity index (χ0n) is 14.4. The molecule has 0 radical (unpaired) electrons. The molecule has 4 heteroatoms. The molecule has 0 saturated carbocycles. The third-order valence-corrected chi connectivity index (χ3v) is 4.15. The number of nitrogens with one attached hydrogen (secondary N) is 1. The maximum Gasteiger partial charge on any atom is 0.223 e. The van der Waals surface area contributed by atoms with Crippen LogP contribution in [0.4, 0.5) is 11.4 Å². The number of amides is 1. The normalized spacial score (nSPS) is 10.3. The maximum atomic E-state index is 11.4. The number of rotatable bonds is 5. The molecule has 0 bridgehead atoms. The average Bonchev–Trinajstić information content (AvgIpc) is 2.67. The van der Waals surface area contributed by atoms with Crippen LogP contribution in [0.25, 0.3) is 11.1 Å². The molecular weight excluding hydrogens is 310 g/mol. The van der Waals surface area contributed by atoms with Gasteiger partial charge in [0.25, 0.3) is 0 Å². The van der Waals surface area contributed by atoms with Crippen molar-refractivity contribution in [3.8, 4) is 11.1 Å². The number of aromatic nitrogens is 1. The van der Waals surface area contributed by atoms with E-state index in [0.29, 0.717) is 0 Å². The van der Waals surface area contributed by atoms with Crippen molar-refractivity contribution in [2.45, 2.75) is 13.5 Å². The van der Waals surface area contributed by atoms with Crippen LogP contribution in [0, 0.1) is 0 Å². The first-order valence-corrected chi connectivity index (χ1v) is 8.21. The van der Waals surface area contributed by atoms with Gasteiger partial charge in [0, 0.05) is 44.3 Å². The second-order valence-electron chi connectivity index (χ2n) is 5.92. The highest BCUT2D eigenvalue weighted by Gasteiger charge is 2.05. The zero-order chi connectivity index (χ0) is 17.6. The third kappa shape index (κ3) is 4.23. The summed E-state index contributed by atoms with van der Waals surface area (Å²) in [7, 11) is 1.77. The molecule has 126 valence electrons. The van der Waals surface area contributed by atoms with E-state index in [1.807, 2.05) is 36.5 Å². The summed E-state index contributed by atoms with van der Waals surface area (Å²) in [5.74, 6) is 0.0212. The number of pyridine rings is 1. The Kier molecular flexibility index (Phi) is 5.09. The lowest BCUT2D eigenvalue weighted by Gasteiger charge is -2.15. The Bertz CT molecular complexity index is 845. The summed E-state index contributed by atoms with van der Waals surface area (Å²) in [6.07, 6.45) is 3.65. The minimum absolute atomic E-state index is 0.0212. The minimum atomic E-state index is 0.0212. The molecule has 0 aliphatic carbocycles. The molecule has 0 unspecified atom stereocenters. The number of carbonyl (C=O) groups is 1. The van der Waals surface area contributed by atoms with Crippen LogP contribution in [0.1, 0.15) is 12.5 Å². The predicted molar refractivity (Wildman–Crippen MR) is 103 cm³/mol. The van der Waals surface area contributed by atoms with Gasteiger partial charge < -0.3 is 10.2 Å². The van der Waals surface area contributed by atoms with Gasteiger partial charge in [0.1, 0.15) is 0 Å². The highest BCUT2D eigenvalue weighted by molar-refractivity contribution is 5.91. The lowest BCUT2D eigenvalue weighted by Crippen LogP contribution is -2.22. The summed E-state index contributed by atoms with van der Waals surface area (Å²) in [5.41, 5.74) is 5.38. The van der Waals surface area contributed by atoms with Gasteiger partial charge in [0.15, 0.2) is 0 Å². The van der Waals surface area contributed by atoms with Crippen molar-refractivity contribution >= 4 is 17.3 Å². The lowest BCUT2D eigenvalue weighted by molar-refractivity contribution is -0.116. The minimum Gasteiger partial charge on any atom is -0.381 e. The summed E-state index contributed by atoms with van der Waals surface area (Å²) in [6, 6.07) is 20.3.